The highest BCUT2D eigenvalue weighted by molar-refractivity contribution is 5.90. The molecule has 1 fully saturated rings. The SMILES string of the molecule is Cc1ccc2cccc(NC3CCOC3)c2n1. The minimum atomic E-state index is 0.419. The van der Waals surface area contributed by atoms with E-state index in [4.69, 9.17) is 4.74 Å². The average Bonchev–Trinajstić information content (AvgIpc) is 2.83. The second-order valence-electron chi connectivity index (χ2n) is 4.53. The van der Waals surface area contributed by atoms with Crippen molar-refractivity contribution >= 4 is 16.6 Å². The highest BCUT2D eigenvalue weighted by Crippen LogP contribution is 2.23. The Morgan fingerprint density at radius 1 is 1.29 bits per heavy atom. The van der Waals surface area contributed by atoms with Gasteiger partial charge in [-0.1, -0.05) is 18.2 Å². The molecule has 1 unspecified atom stereocenters. The van der Waals surface area contributed by atoms with Crippen LogP contribution in [0.1, 0.15) is 12.1 Å². The average molecular weight is 228 g/mol. The van der Waals surface area contributed by atoms with Gasteiger partial charge in [0.2, 0.25) is 0 Å². The largest absolute Gasteiger partial charge is 0.379 e. The Labute approximate surface area is 101 Å². The minimum Gasteiger partial charge on any atom is -0.379 e. The normalized spacial score (nSPS) is 19.7. The maximum Gasteiger partial charge on any atom is 0.0936 e. The van der Waals surface area contributed by atoms with Crippen LogP contribution in [-0.2, 0) is 4.74 Å². The second-order valence-corrected chi connectivity index (χ2v) is 4.53. The van der Waals surface area contributed by atoms with E-state index in [1.165, 1.54) is 5.39 Å². The Balaban J connectivity index is 1.99. The molecule has 3 rings (SSSR count). The number of aryl methyl sites for hydroxylation is 1. The van der Waals surface area contributed by atoms with Crippen molar-refractivity contribution in [1.82, 2.24) is 4.98 Å². The van der Waals surface area contributed by atoms with Crippen molar-refractivity contribution in [2.45, 2.75) is 19.4 Å². The van der Waals surface area contributed by atoms with Crippen LogP contribution in [-0.4, -0.2) is 24.2 Å². The van der Waals surface area contributed by atoms with Crippen molar-refractivity contribution in [2.75, 3.05) is 18.5 Å². The van der Waals surface area contributed by atoms with Crippen molar-refractivity contribution in [1.29, 1.82) is 0 Å². The number of anilines is 1. The van der Waals surface area contributed by atoms with E-state index in [9.17, 15) is 0 Å². The van der Waals surface area contributed by atoms with Gasteiger partial charge in [0.1, 0.15) is 0 Å². The van der Waals surface area contributed by atoms with Crippen LogP contribution in [0.15, 0.2) is 30.3 Å². The number of rotatable bonds is 2. The predicted octanol–water partition coefficient (Wildman–Crippen LogP) is 2.74. The summed E-state index contributed by atoms with van der Waals surface area (Å²) in [6.45, 7) is 3.67. The van der Waals surface area contributed by atoms with E-state index in [1.54, 1.807) is 0 Å². The van der Waals surface area contributed by atoms with Crippen LogP contribution < -0.4 is 5.32 Å². The molecule has 0 saturated carbocycles. The zero-order chi connectivity index (χ0) is 11.7. The van der Waals surface area contributed by atoms with Crippen molar-refractivity contribution in [3.63, 3.8) is 0 Å². The third kappa shape index (κ3) is 2.11. The Hall–Kier alpha value is -1.61. The zero-order valence-corrected chi connectivity index (χ0v) is 9.94. The monoisotopic (exact) mass is 228 g/mol. The van der Waals surface area contributed by atoms with Crippen LogP contribution in [0.5, 0.6) is 0 Å². The number of ether oxygens (including phenoxy) is 1. The zero-order valence-electron chi connectivity index (χ0n) is 9.94. The number of nitrogens with one attached hydrogen (secondary N) is 1. The molecule has 0 bridgehead atoms. The lowest BCUT2D eigenvalue weighted by Gasteiger charge is -2.14. The summed E-state index contributed by atoms with van der Waals surface area (Å²) in [5.41, 5.74) is 3.22. The van der Waals surface area contributed by atoms with Crippen LogP contribution >= 0.6 is 0 Å². The minimum absolute atomic E-state index is 0.419. The molecule has 1 aromatic heterocycles. The Kier molecular flexibility index (Phi) is 2.69. The summed E-state index contributed by atoms with van der Waals surface area (Å²) in [7, 11) is 0. The number of fused-ring (bicyclic) bond motifs is 1. The summed E-state index contributed by atoms with van der Waals surface area (Å²) >= 11 is 0. The summed E-state index contributed by atoms with van der Waals surface area (Å²) in [4.78, 5) is 4.61. The van der Waals surface area contributed by atoms with Crippen LogP contribution in [0.25, 0.3) is 10.9 Å². The number of para-hydroxylation sites is 1. The first kappa shape index (κ1) is 10.5. The van der Waals surface area contributed by atoms with E-state index in [-0.39, 0.29) is 0 Å². The van der Waals surface area contributed by atoms with Gasteiger partial charge in [-0.2, -0.15) is 0 Å². The molecule has 3 nitrogen and oxygen atoms in total. The van der Waals surface area contributed by atoms with Crippen LogP contribution in [0.2, 0.25) is 0 Å². The van der Waals surface area contributed by atoms with E-state index in [0.29, 0.717) is 6.04 Å². The van der Waals surface area contributed by atoms with E-state index >= 15 is 0 Å². The molecule has 3 heteroatoms. The summed E-state index contributed by atoms with van der Waals surface area (Å²) in [5, 5.41) is 4.70. The number of nitrogens with zero attached hydrogens (tertiary/aromatic N) is 1. The second kappa shape index (κ2) is 4.34. The number of pyridine rings is 1. The Morgan fingerprint density at radius 3 is 3.06 bits per heavy atom. The van der Waals surface area contributed by atoms with E-state index in [2.05, 4.69) is 34.6 Å². The molecule has 0 radical (unpaired) electrons. The fourth-order valence-electron chi connectivity index (χ4n) is 2.23. The quantitative estimate of drug-likeness (QED) is 0.858. The molecule has 1 aliphatic rings. The van der Waals surface area contributed by atoms with Crippen LogP contribution in [0, 0.1) is 6.92 Å². The van der Waals surface area contributed by atoms with E-state index < -0.39 is 0 Å². The Bertz CT molecular complexity index is 533. The molecule has 1 N–H and O–H groups in total. The smallest absolute Gasteiger partial charge is 0.0936 e. The van der Waals surface area contributed by atoms with Crippen LogP contribution in [0.4, 0.5) is 5.69 Å². The lowest BCUT2D eigenvalue weighted by molar-refractivity contribution is 0.195. The maximum atomic E-state index is 5.38. The van der Waals surface area contributed by atoms with Gasteiger partial charge in [-0.05, 0) is 25.5 Å². The molecule has 88 valence electrons. The first-order chi connectivity index (χ1) is 8.33. The topological polar surface area (TPSA) is 34.1 Å². The molecule has 0 amide bonds. The first-order valence-corrected chi connectivity index (χ1v) is 6.03. The number of hydrogen-bond acceptors (Lipinski definition) is 3. The molecule has 2 heterocycles. The van der Waals surface area contributed by atoms with Gasteiger partial charge in [-0.15, -0.1) is 0 Å². The van der Waals surface area contributed by atoms with Crippen molar-refractivity contribution in [2.24, 2.45) is 0 Å². The van der Waals surface area contributed by atoms with Gasteiger partial charge in [0.05, 0.1) is 23.9 Å². The van der Waals surface area contributed by atoms with E-state index in [0.717, 1.165) is 36.5 Å². The van der Waals surface area contributed by atoms with Gasteiger partial charge in [-0.25, -0.2) is 0 Å². The molecule has 17 heavy (non-hydrogen) atoms. The summed E-state index contributed by atoms with van der Waals surface area (Å²) in [6.07, 6.45) is 1.07. The fraction of sp³-hybridized carbons (Fsp3) is 0.357. The summed E-state index contributed by atoms with van der Waals surface area (Å²) in [6, 6.07) is 10.8. The van der Waals surface area contributed by atoms with Gasteiger partial charge >= 0.3 is 0 Å². The Morgan fingerprint density at radius 2 is 2.24 bits per heavy atom. The predicted molar refractivity (Wildman–Crippen MR) is 69.3 cm³/mol. The van der Waals surface area contributed by atoms with E-state index in [1.807, 2.05) is 13.0 Å². The van der Waals surface area contributed by atoms with Gasteiger partial charge in [0.15, 0.2) is 0 Å². The molecule has 1 atom stereocenters. The first-order valence-electron chi connectivity index (χ1n) is 6.03. The van der Waals surface area contributed by atoms with Crippen molar-refractivity contribution in [3.05, 3.63) is 36.0 Å². The van der Waals surface area contributed by atoms with Crippen molar-refractivity contribution < 1.29 is 4.74 Å². The molecule has 0 spiro atoms. The molecule has 2 aromatic rings. The van der Waals surface area contributed by atoms with Gasteiger partial charge < -0.3 is 10.1 Å². The van der Waals surface area contributed by atoms with Crippen LogP contribution in [0.3, 0.4) is 0 Å². The number of benzene rings is 1. The highest BCUT2D eigenvalue weighted by atomic mass is 16.5. The lowest BCUT2D eigenvalue weighted by Crippen LogP contribution is -2.19. The molecular weight excluding hydrogens is 212 g/mol. The molecule has 1 saturated heterocycles. The summed E-state index contributed by atoms with van der Waals surface area (Å²) in [5.74, 6) is 0. The van der Waals surface area contributed by atoms with Crippen molar-refractivity contribution in [3.8, 4) is 0 Å². The number of aromatic nitrogens is 1. The third-order valence-electron chi connectivity index (χ3n) is 3.15. The van der Waals surface area contributed by atoms with Gasteiger partial charge in [-0.3, -0.25) is 4.98 Å². The maximum absolute atomic E-state index is 5.38. The molecule has 1 aliphatic heterocycles. The standard InChI is InChI=1S/C14H16N2O/c1-10-5-6-11-3-2-4-13(14(11)15-10)16-12-7-8-17-9-12/h2-6,12,16H,7-9H2,1H3. The van der Waals surface area contributed by atoms with Gasteiger partial charge in [0, 0.05) is 17.7 Å². The highest BCUT2D eigenvalue weighted by Gasteiger charge is 2.16. The molecule has 0 aliphatic carbocycles. The summed E-state index contributed by atoms with van der Waals surface area (Å²) < 4.78 is 5.38. The number of hydrogen-bond donors (Lipinski definition) is 1. The molecular formula is C14H16N2O. The lowest BCUT2D eigenvalue weighted by atomic mass is 10.1. The van der Waals surface area contributed by atoms with Gasteiger partial charge in [0.25, 0.3) is 0 Å². The third-order valence-corrected chi connectivity index (χ3v) is 3.15. The fourth-order valence-corrected chi connectivity index (χ4v) is 2.23. The molecule has 1 aromatic carbocycles.